The number of halogens is 2. The molecule has 0 radical (unpaired) electrons. The summed E-state index contributed by atoms with van der Waals surface area (Å²) >= 11 is 6.73. The molecule has 0 spiro atoms. The number of hydrogen-bond acceptors (Lipinski definition) is 2. The molecule has 0 atom stereocenters. The number of nitrogens with zero attached hydrogens (tertiary/aromatic N) is 2. The van der Waals surface area contributed by atoms with Crippen molar-refractivity contribution in [2.75, 3.05) is 6.54 Å². The Kier molecular flexibility index (Phi) is 4.76. The lowest BCUT2D eigenvalue weighted by Crippen LogP contribution is -2.27. The zero-order chi connectivity index (χ0) is 13.8. The molecule has 0 bridgehead atoms. The number of nitrogens with one attached hydrogen (secondary N) is 1. The van der Waals surface area contributed by atoms with Gasteiger partial charge in [-0.1, -0.05) is 15.9 Å². The Morgan fingerprint density at radius 1 is 1.42 bits per heavy atom. The molecule has 1 N–H and O–H groups in total. The van der Waals surface area contributed by atoms with Crippen molar-refractivity contribution in [2.24, 2.45) is 0 Å². The molecule has 100 valence electrons. The standard InChI is InChI=1S/C13H13Br2N3O/c1-9-7-17-18(8-9)5-4-16-13(19)11-6-10(14)2-3-12(11)15/h2-3,6-8H,4-5H2,1H3,(H,16,19). The van der Waals surface area contributed by atoms with Gasteiger partial charge in [0.25, 0.3) is 5.91 Å². The van der Waals surface area contributed by atoms with Crippen molar-refractivity contribution >= 4 is 37.8 Å². The zero-order valence-electron chi connectivity index (χ0n) is 10.4. The lowest BCUT2D eigenvalue weighted by molar-refractivity contribution is 0.0951. The van der Waals surface area contributed by atoms with Gasteiger partial charge >= 0.3 is 0 Å². The van der Waals surface area contributed by atoms with E-state index < -0.39 is 0 Å². The van der Waals surface area contributed by atoms with Crippen molar-refractivity contribution in [1.29, 1.82) is 0 Å². The van der Waals surface area contributed by atoms with Crippen molar-refractivity contribution < 1.29 is 4.79 Å². The smallest absolute Gasteiger partial charge is 0.252 e. The molecule has 1 amide bonds. The Bertz CT molecular complexity index is 595. The van der Waals surface area contributed by atoms with E-state index in [-0.39, 0.29) is 5.91 Å². The summed E-state index contributed by atoms with van der Waals surface area (Å²) in [6, 6.07) is 5.51. The van der Waals surface area contributed by atoms with Gasteiger partial charge in [0.1, 0.15) is 0 Å². The van der Waals surface area contributed by atoms with Crippen LogP contribution in [0.3, 0.4) is 0 Å². The summed E-state index contributed by atoms with van der Waals surface area (Å²) in [5.41, 5.74) is 1.73. The molecular weight excluding hydrogens is 374 g/mol. The minimum absolute atomic E-state index is 0.1000. The van der Waals surface area contributed by atoms with Crippen molar-refractivity contribution in [2.45, 2.75) is 13.5 Å². The monoisotopic (exact) mass is 385 g/mol. The predicted molar refractivity (Wildman–Crippen MR) is 81.1 cm³/mol. The number of rotatable bonds is 4. The number of amides is 1. The van der Waals surface area contributed by atoms with Crippen LogP contribution >= 0.6 is 31.9 Å². The van der Waals surface area contributed by atoms with Gasteiger partial charge in [0.05, 0.1) is 18.3 Å². The summed E-state index contributed by atoms with van der Waals surface area (Å²) in [6.45, 7) is 3.19. The third-order valence-electron chi connectivity index (χ3n) is 2.56. The van der Waals surface area contributed by atoms with Crippen LogP contribution < -0.4 is 5.32 Å². The zero-order valence-corrected chi connectivity index (χ0v) is 13.5. The number of carbonyl (C=O) groups is 1. The average Bonchev–Trinajstić information content (AvgIpc) is 2.78. The molecule has 0 fully saturated rings. The fraction of sp³-hybridized carbons (Fsp3) is 0.231. The molecule has 0 aliphatic carbocycles. The maximum atomic E-state index is 12.0. The third kappa shape index (κ3) is 3.91. The van der Waals surface area contributed by atoms with Gasteiger partial charge in [0.15, 0.2) is 0 Å². The number of hydrogen-bond donors (Lipinski definition) is 1. The highest BCUT2D eigenvalue weighted by molar-refractivity contribution is 9.11. The molecule has 6 heteroatoms. The van der Waals surface area contributed by atoms with Crippen LogP contribution in [0.5, 0.6) is 0 Å². The molecule has 1 aromatic heterocycles. The Labute approximate surface area is 128 Å². The predicted octanol–water partition coefficient (Wildman–Crippen LogP) is 3.15. The van der Waals surface area contributed by atoms with Crippen molar-refractivity contribution in [3.8, 4) is 0 Å². The first kappa shape index (κ1) is 14.3. The molecule has 2 aromatic rings. The van der Waals surface area contributed by atoms with Gasteiger partial charge in [0, 0.05) is 21.7 Å². The van der Waals surface area contributed by atoms with Gasteiger partial charge in [-0.3, -0.25) is 9.48 Å². The Morgan fingerprint density at radius 3 is 2.89 bits per heavy atom. The lowest BCUT2D eigenvalue weighted by atomic mass is 10.2. The first-order valence-corrected chi connectivity index (χ1v) is 7.37. The fourth-order valence-corrected chi connectivity index (χ4v) is 2.43. The Hall–Kier alpha value is -1.14. The summed E-state index contributed by atoms with van der Waals surface area (Å²) in [6.07, 6.45) is 3.74. The second-order valence-electron chi connectivity index (χ2n) is 4.16. The molecule has 0 aliphatic rings. The summed E-state index contributed by atoms with van der Waals surface area (Å²) in [5, 5.41) is 7.04. The van der Waals surface area contributed by atoms with E-state index in [0.717, 1.165) is 14.5 Å². The molecule has 19 heavy (non-hydrogen) atoms. The maximum absolute atomic E-state index is 12.0. The number of benzene rings is 1. The highest BCUT2D eigenvalue weighted by atomic mass is 79.9. The average molecular weight is 387 g/mol. The van der Waals surface area contributed by atoms with Gasteiger partial charge in [0.2, 0.25) is 0 Å². The first-order valence-electron chi connectivity index (χ1n) is 5.78. The molecule has 0 saturated carbocycles. The molecule has 2 rings (SSSR count). The van der Waals surface area contributed by atoms with E-state index >= 15 is 0 Å². The molecule has 0 unspecified atom stereocenters. The van der Waals surface area contributed by atoms with Gasteiger partial charge in [-0.05, 0) is 46.6 Å². The summed E-state index contributed by atoms with van der Waals surface area (Å²) in [7, 11) is 0. The topological polar surface area (TPSA) is 46.9 Å². The van der Waals surface area contributed by atoms with Crippen LogP contribution in [0.15, 0.2) is 39.5 Å². The second kappa shape index (κ2) is 6.34. The summed E-state index contributed by atoms with van der Waals surface area (Å²) in [4.78, 5) is 12.0. The summed E-state index contributed by atoms with van der Waals surface area (Å²) in [5.74, 6) is -0.1000. The van der Waals surface area contributed by atoms with Crippen LogP contribution in [0.1, 0.15) is 15.9 Å². The van der Waals surface area contributed by atoms with E-state index in [0.29, 0.717) is 18.7 Å². The Balaban J connectivity index is 1.92. The molecule has 1 aromatic carbocycles. The van der Waals surface area contributed by atoms with Gasteiger partial charge in [-0.15, -0.1) is 0 Å². The maximum Gasteiger partial charge on any atom is 0.252 e. The lowest BCUT2D eigenvalue weighted by Gasteiger charge is -2.07. The van der Waals surface area contributed by atoms with Gasteiger partial charge in [-0.2, -0.15) is 5.10 Å². The third-order valence-corrected chi connectivity index (χ3v) is 3.75. The molecule has 1 heterocycles. The van der Waals surface area contributed by atoms with Crippen LogP contribution in [0.2, 0.25) is 0 Å². The van der Waals surface area contributed by atoms with Crippen molar-refractivity contribution in [3.63, 3.8) is 0 Å². The van der Waals surface area contributed by atoms with Crippen LogP contribution in [-0.4, -0.2) is 22.2 Å². The largest absolute Gasteiger partial charge is 0.350 e. The molecular formula is C13H13Br2N3O. The van der Waals surface area contributed by atoms with Crippen molar-refractivity contribution in [3.05, 3.63) is 50.7 Å². The number of aryl methyl sites for hydroxylation is 1. The molecule has 0 saturated heterocycles. The van der Waals surface area contributed by atoms with E-state index in [1.165, 1.54) is 0 Å². The number of aromatic nitrogens is 2. The van der Waals surface area contributed by atoms with E-state index in [1.54, 1.807) is 12.3 Å². The minimum atomic E-state index is -0.1000. The van der Waals surface area contributed by atoms with Gasteiger partial charge < -0.3 is 5.32 Å². The van der Waals surface area contributed by atoms with Gasteiger partial charge in [-0.25, -0.2) is 0 Å². The van der Waals surface area contributed by atoms with Crippen LogP contribution in [0, 0.1) is 6.92 Å². The molecule has 0 aliphatic heterocycles. The van der Waals surface area contributed by atoms with E-state index in [1.807, 2.05) is 29.9 Å². The molecule has 4 nitrogen and oxygen atoms in total. The van der Waals surface area contributed by atoms with E-state index in [2.05, 4.69) is 42.3 Å². The summed E-state index contributed by atoms with van der Waals surface area (Å²) < 4.78 is 3.47. The fourth-order valence-electron chi connectivity index (χ4n) is 1.64. The highest BCUT2D eigenvalue weighted by Gasteiger charge is 2.09. The van der Waals surface area contributed by atoms with Crippen LogP contribution in [0.4, 0.5) is 0 Å². The quantitative estimate of drug-likeness (QED) is 0.877. The normalized spacial score (nSPS) is 10.5. The van der Waals surface area contributed by atoms with Crippen LogP contribution in [0.25, 0.3) is 0 Å². The highest BCUT2D eigenvalue weighted by Crippen LogP contribution is 2.21. The first-order chi connectivity index (χ1) is 9.06. The van der Waals surface area contributed by atoms with E-state index in [9.17, 15) is 4.79 Å². The van der Waals surface area contributed by atoms with Crippen molar-refractivity contribution in [1.82, 2.24) is 15.1 Å². The minimum Gasteiger partial charge on any atom is -0.350 e. The Morgan fingerprint density at radius 2 is 2.21 bits per heavy atom. The SMILES string of the molecule is Cc1cnn(CCNC(=O)c2cc(Br)ccc2Br)c1. The number of carbonyl (C=O) groups excluding carboxylic acids is 1. The van der Waals surface area contributed by atoms with Crippen LogP contribution in [-0.2, 0) is 6.54 Å². The van der Waals surface area contributed by atoms with E-state index in [4.69, 9.17) is 0 Å². The second-order valence-corrected chi connectivity index (χ2v) is 5.93.